The van der Waals surface area contributed by atoms with E-state index in [1.165, 1.54) is 6.07 Å². The molecule has 98 valence electrons. The Kier molecular flexibility index (Phi) is 3.27. The van der Waals surface area contributed by atoms with Crippen molar-refractivity contribution in [3.05, 3.63) is 52.2 Å². The smallest absolute Gasteiger partial charge is 0.251 e. The first-order valence-electron chi connectivity index (χ1n) is 5.95. The van der Waals surface area contributed by atoms with Crippen molar-refractivity contribution in [3.63, 3.8) is 0 Å². The molecule has 1 aliphatic heterocycles. The van der Waals surface area contributed by atoms with Crippen molar-refractivity contribution in [1.82, 2.24) is 9.97 Å². The molecule has 3 rings (SSSR count). The number of nitrogens with two attached hydrogens (primary N) is 1. The van der Waals surface area contributed by atoms with E-state index in [4.69, 9.17) is 10.5 Å². The molecule has 3 N–H and O–H groups in total. The molecule has 0 radical (unpaired) electrons. The van der Waals surface area contributed by atoms with E-state index in [-0.39, 0.29) is 18.2 Å². The number of benzene rings is 1. The van der Waals surface area contributed by atoms with Crippen molar-refractivity contribution in [2.24, 2.45) is 5.73 Å². The Morgan fingerprint density at radius 2 is 2.32 bits per heavy atom. The van der Waals surface area contributed by atoms with Gasteiger partial charge in [-0.25, -0.2) is 4.98 Å². The molecule has 0 aliphatic carbocycles. The molecular formula is C13H13N3O2S. The fraction of sp³-hybridized carbons (Fsp3) is 0.231. The first-order chi connectivity index (χ1) is 9.26. The first kappa shape index (κ1) is 12.3. The summed E-state index contributed by atoms with van der Waals surface area (Å²) >= 11 is 1.69. The van der Waals surface area contributed by atoms with Crippen LogP contribution in [0.5, 0.6) is 5.75 Å². The van der Waals surface area contributed by atoms with Crippen molar-refractivity contribution in [3.8, 4) is 5.75 Å². The number of H-pyrrole nitrogens is 1. The Hall–Kier alpha value is -1.79. The van der Waals surface area contributed by atoms with Crippen LogP contribution in [0.15, 0.2) is 40.0 Å². The number of nitrogens with zero attached hydrogens (tertiary/aromatic N) is 1. The molecule has 1 aromatic carbocycles. The Morgan fingerprint density at radius 1 is 1.47 bits per heavy atom. The van der Waals surface area contributed by atoms with Crippen LogP contribution >= 0.6 is 11.8 Å². The minimum atomic E-state index is -0.251. The fourth-order valence-corrected chi connectivity index (χ4v) is 2.93. The minimum absolute atomic E-state index is 0.196. The summed E-state index contributed by atoms with van der Waals surface area (Å²) in [6.45, 7) is 0.243. The Labute approximate surface area is 114 Å². The quantitative estimate of drug-likeness (QED) is 0.867. The average Bonchev–Trinajstić information content (AvgIpc) is 2.46. The number of aromatic amines is 1. The molecule has 1 unspecified atom stereocenters. The lowest BCUT2D eigenvalue weighted by Gasteiger charge is -2.24. The van der Waals surface area contributed by atoms with Crippen LogP contribution in [0.2, 0.25) is 0 Å². The third-order valence-corrected chi connectivity index (χ3v) is 3.95. The topological polar surface area (TPSA) is 81.0 Å². The van der Waals surface area contributed by atoms with Crippen molar-refractivity contribution in [2.75, 3.05) is 5.75 Å². The van der Waals surface area contributed by atoms with Crippen molar-refractivity contribution in [1.29, 1.82) is 0 Å². The van der Waals surface area contributed by atoms with Crippen LogP contribution in [-0.4, -0.2) is 15.7 Å². The van der Waals surface area contributed by atoms with Crippen LogP contribution in [0, 0.1) is 0 Å². The lowest BCUT2D eigenvalue weighted by Crippen LogP contribution is -2.23. The zero-order valence-electron chi connectivity index (χ0n) is 10.1. The van der Waals surface area contributed by atoms with Gasteiger partial charge in [-0.3, -0.25) is 4.79 Å². The van der Waals surface area contributed by atoms with Gasteiger partial charge in [-0.05, 0) is 12.1 Å². The number of para-hydroxylation sites is 1. The van der Waals surface area contributed by atoms with Crippen molar-refractivity contribution in [2.45, 2.75) is 17.5 Å². The molecular weight excluding hydrogens is 262 g/mol. The maximum absolute atomic E-state index is 11.5. The van der Waals surface area contributed by atoms with E-state index in [0.29, 0.717) is 17.3 Å². The van der Waals surface area contributed by atoms with Crippen LogP contribution in [0.1, 0.15) is 17.6 Å². The van der Waals surface area contributed by atoms with Crippen LogP contribution in [0.25, 0.3) is 0 Å². The predicted molar refractivity (Wildman–Crippen MR) is 73.3 cm³/mol. The molecule has 0 spiro atoms. The highest BCUT2D eigenvalue weighted by Crippen LogP contribution is 2.39. The van der Waals surface area contributed by atoms with Gasteiger partial charge < -0.3 is 15.5 Å². The number of fused-ring (bicyclic) bond motifs is 1. The van der Waals surface area contributed by atoms with Crippen molar-refractivity contribution >= 4 is 11.8 Å². The number of hydrogen-bond donors (Lipinski definition) is 2. The first-order valence-corrected chi connectivity index (χ1v) is 6.93. The second-order valence-corrected chi connectivity index (χ2v) is 5.25. The number of nitrogens with one attached hydrogen (secondary N) is 1. The second-order valence-electron chi connectivity index (χ2n) is 4.19. The molecule has 2 heterocycles. The summed E-state index contributed by atoms with van der Waals surface area (Å²) in [4.78, 5) is 19.7. The molecule has 0 saturated heterocycles. The highest BCUT2D eigenvalue weighted by Gasteiger charge is 2.23. The van der Waals surface area contributed by atoms with E-state index < -0.39 is 0 Å². The largest absolute Gasteiger partial charge is 0.480 e. The summed E-state index contributed by atoms with van der Waals surface area (Å²) in [5, 5.41) is 0. The van der Waals surface area contributed by atoms with Gasteiger partial charge in [0.05, 0.1) is 5.69 Å². The van der Waals surface area contributed by atoms with Crippen LogP contribution in [0.4, 0.5) is 0 Å². The zero-order valence-corrected chi connectivity index (χ0v) is 10.9. The maximum atomic E-state index is 11.5. The highest BCUT2D eigenvalue weighted by atomic mass is 32.2. The standard InChI is InChI=1S/C13H13N3O2S/c14-6-8-5-12(17)16-13(15-8)10-7-19-11-4-2-1-3-9(11)18-10/h1-5,10H,6-7,14H2,(H,15,16,17). The normalized spacial score (nSPS) is 17.6. The highest BCUT2D eigenvalue weighted by molar-refractivity contribution is 7.99. The molecule has 19 heavy (non-hydrogen) atoms. The second kappa shape index (κ2) is 5.07. The summed E-state index contributed by atoms with van der Waals surface area (Å²) in [5.41, 5.74) is 5.91. The third-order valence-electron chi connectivity index (χ3n) is 2.84. The maximum Gasteiger partial charge on any atom is 0.251 e. The third kappa shape index (κ3) is 2.50. The molecule has 1 aromatic heterocycles. The Balaban J connectivity index is 1.93. The Morgan fingerprint density at radius 3 is 3.16 bits per heavy atom. The SMILES string of the molecule is NCc1cc(=O)[nH]c(C2CSc3ccccc3O2)n1. The minimum Gasteiger partial charge on any atom is -0.480 e. The lowest BCUT2D eigenvalue weighted by atomic mass is 10.3. The van der Waals surface area contributed by atoms with Gasteiger partial charge in [0.25, 0.3) is 5.56 Å². The van der Waals surface area contributed by atoms with E-state index in [1.807, 2.05) is 24.3 Å². The van der Waals surface area contributed by atoms with Crippen LogP contribution in [0.3, 0.4) is 0 Å². The number of thioether (sulfide) groups is 1. The molecule has 1 atom stereocenters. The lowest BCUT2D eigenvalue weighted by molar-refractivity contribution is 0.209. The number of aromatic nitrogens is 2. The van der Waals surface area contributed by atoms with Crippen LogP contribution in [-0.2, 0) is 6.54 Å². The fourth-order valence-electron chi connectivity index (χ4n) is 1.94. The van der Waals surface area contributed by atoms with Gasteiger partial charge in [-0.2, -0.15) is 0 Å². The van der Waals surface area contributed by atoms with Crippen molar-refractivity contribution < 1.29 is 4.74 Å². The van der Waals surface area contributed by atoms with E-state index in [1.54, 1.807) is 11.8 Å². The summed E-state index contributed by atoms with van der Waals surface area (Å²) in [5.74, 6) is 2.08. The van der Waals surface area contributed by atoms with E-state index in [2.05, 4.69) is 9.97 Å². The van der Waals surface area contributed by atoms with E-state index in [9.17, 15) is 4.79 Å². The summed E-state index contributed by atoms with van der Waals surface area (Å²) < 4.78 is 5.88. The van der Waals surface area contributed by atoms with E-state index in [0.717, 1.165) is 10.6 Å². The van der Waals surface area contributed by atoms with Crippen LogP contribution < -0.4 is 16.0 Å². The molecule has 0 amide bonds. The molecule has 1 aliphatic rings. The van der Waals surface area contributed by atoms with Gasteiger partial charge >= 0.3 is 0 Å². The molecule has 2 aromatic rings. The molecule has 5 nitrogen and oxygen atoms in total. The van der Waals surface area contributed by atoms with E-state index >= 15 is 0 Å². The monoisotopic (exact) mass is 275 g/mol. The number of rotatable bonds is 2. The van der Waals surface area contributed by atoms with Gasteiger partial charge in [0.15, 0.2) is 11.9 Å². The average molecular weight is 275 g/mol. The van der Waals surface area contributed by atoms with Gasteiger partial charge in [0.2, 0.25) is 0 Å². The molecule has 0 bridgehead atoms. The van der Waals surface area contributed by atoms with Gasteiger partial charge in [0.1, 0.15) is 5.75 Å². The summed E-state index contributed by atoms with van der Waals surface area (Å²) in [7, 11) is 0. The summed E-state index contributed by atoms with van der Waals surface area (Å²) in [6, 6.07) is 9.24. The van der Waals surface area contributed by atoms with Gasteiger partial charge in [0, 0.05) is 23.3 Å². The molecule has 6 heteroatoms. The molecule has 0 saturated carbocycles. The molecule has 0 fully saturated rings. The van der Waals surface area contributed by atoms with Gasteiger partial charge in [-0.15, -0.1) is 11.8 Å². The predicted octanol–water partition coefficient (Wildman–Crippen LogP) is 1.45. The number of ether oxygens (including phenoxy) is 1. The van der Waals surface area contributed by atoms with Gasteiger partial charge in [-0.1, -0.05) is 12.1 Å². The zero-order chi connectivity index (χ0) is 13.2. The summed E-state index contributed by atoms with van der Waals surface area (Å²) in [6.07, 6.45) is -0.251. The Bertz CT molecular complexity index is 656. The number of hydrogen-bond acceptors (Lipinski definition) is 5.